The van der Waals surface area contributed by atoms with Crippen molar-refractivity contribution in [1.29, 1.82) is 0 Å². The molecule has 0 amide bonds. The van der Waals surface area contributed by atoms with Gasteiger partial charge in [0, 0.05) is 11.1 Å². The highest BCUT2D eigenvalue weighted by molar-refractivity contribution is 6.10. The zero-order chi connectivity index (χ0) is 13.9. The fourth-order valence-electron chi connectivity index (χ4n) is 2.21. The Kier molecular flexibility index (Phi) is 3.84. The number of carbonyl (C=O) groups is 1. The smallest absolute Gasteiger partial charge is 0.193 e. The van der Waals surface area contributed by atoms with Crippen molar-refractivity contribution in [2.45, 2.75) is 32.6 Å². The van der Waals surface area contributed by atoms with Crippen LogP contribution in [0, 0.1) is 0 Å². The third-order valence-corrected chi connectivity index (χ3v) is 3.82. The van der Waals surface area contributed by atoms with Gasteiger partial charge in [0.15, 0.2) is 5.78 Å². The van der Waals surface area contributed by atoms with Gasteiger partial charge >= 0.3 is 0 Å². The lowest BCUT2D eigenvalue weighted by Gasteiger charge is -2.25. The Morgan fingerprint density at radius 1 is 0.947 bits per heavy atom. The van der Waals surface area contributed by atoms with E-state index in [-0.39, 0.29) is 11.2 Å². The standard InChI is InChI=1S/C18H20O/c1-4-18(2,3)16-13-9-8-12-15(16)17(19)14-10-6-5-7-11-14/h5-13H,4H2,1-3H3. The number of rotatable bonds is 4. The van der Waals surface area contributed by atoms with Crippen molar-refractivity contribution in [3.63, 3.8) is 0 Å². The van der Waals surface area contributed by atoms with Crippen LogP contribution in [0.5, 0.6) is 0 Å². The van der Waals surface area contributed by atoms with Gasteiger partial charge in [0.25, 0.3) is 0 Å². The molecule has 2 rings (SSSR count). The van der Waals surface area contributed by atoms with E-state index in [2.05, 4.69) is 26.8 Å². The maximum atomic E-state index is 12.6. The van der Waals surface area contributed by atoms with Crippen molar-refractivity contribution in [3.05, 3.63) is 71.3 Å². The minimum Gasteiger partial charge on any atom is -0.289 e. The topological polar surface area (TPSA) is 17.1 Å². The fourth-order valence-corrected chi connectivity index (χ4v) is 2.21. The van der Waals surface area contributed by atoms with Crippen molar-refractivity contribution in [3.8, 4) is 0 Å². The van der Waals surface area contributed by atoms with E-state index in [0.29, 0.717) is 0 Å². The summed E-state index contributed by atoms with van der Waals surface area (Å²) in [4.78, 5) is 12.6. The molecule has 0 saturated heterocycles. The average molecular weight is 252 g/mol. The summed E-state index contributed by atoms with van der Waals surface area (Å²) in [5.74, 6) is 0.109. The summed E-state index contributed by atoms with van der Waals surface area (Å²) in [6, 6.07) is 17.4. The molecule has 98 valence electrons. The summed E-state index contributed by atoms with van der Waals surface area (Å²) < 4.78 is 0. The van der Waals surface area contributed by atoms with Gasteiger partial charge in [0.1, 0.15) is 0 Å². The van der Waals surface area contributed by atoms with Crippen LogP contribution < -0.4 is 0 Å². The van der Waals surface area contributed by atoms with Crippen molar-refractivity contribution in [2.75, 3.05) is 0 Å². The van der Waals surface area contributed by atoms with Crippen LogP contribution in [0.15, 0.2) is 54.6 Å². The minimum absolute atomic E-state index is 0.0149. The first-order chi connectivity index (χ1) is 9.06. The molecule has 0 aliphatic carbocycles. The number of carbonyl (C=O) groups excluding carboxylic acids is 1. The number of benzene rings is 2. The summed E-state index contributed by atoms with van der Waals surface area (Å²) in [6.45, 7) is 6.53. The van der Waals surface area contributed by atoms with Crippen LogP contribution in [0.1, 0.15) is 48.7 Å². The molecule has 0 aliphatic heterocycles. The van der Waals surface area contributed by atoms with Crippen molar-refractivity contribution in [1.82, 2.24) is 0 Å². The quantitative estimate of drug-likeness (QED) is 0.726. The van der Waals surface area contributed by atoms with E-state index in [9.17, 15) is 4.79 Å². The first kappa shape index (κ1) is 13.5. The lowest BCUT2D eigenvalue weighted by molar-refractivity contribution is 0.103. The predicted molar refractivity (Wildman–Crippen MR) is 79.6 cm³/mol. The van der Waals surface area contributed by atoms with Crippen LogP contribution in [-0.2, 0) is 5.41 Å². The first-order valence-electron chi connectivity index (χ1n) is 6.75. The van der Waals surface area contributed by atoms with Gasteiger partial charge in [-0.3, -0.25) is 4.79 Å². The molecule has 2 aromatic rings. The molecule has 0 spiro atoms. The van der Waals surface area contributed by atoms with E-state index < -0.39 is 0 Å². The molecule has 0 bridgehead atoms. The normalized spacial score (nSPS) is 11.3. The molecule has 1 heteroatoms. The highest BCUT2D eigenvalue weighted by Crippen LogP contribution is 2.30. The zero-order valence-corrected chi connectivity index (χ0v) is 11.8. The molecular formula is C18H20O. The largest absolute Gasteiger partial charge is 0.289 e. The van der Waals surface area contributed by atoms with Gasteiger partial charge in [-0.1, -0.05) is 75.4 Å². The van der Waals surface area contributed by atoms with Crippen LogP contribution in [-0.4, -0.2) is 5.78 Å². The molecule has 0 heterocycles. The molecule has 0 fully saturated rings. The highest BCUT2D eigenvalue weighted by Gasteiger charge is 2.24. The highest BCUT2D eigenvalue weighted by atomic mass is 16.1. The SMILES string of the molecule is CCC(C)(C)c1ccccc1C(=O)c1ccccc1. The Bertz CT molecular complexity index is 567. The van der Waals surface area contributed by atoms with Gasteiger partial charge in [-0.25, -0.2) is 0 Å². The summed E-state index contributed by atoms with van der Waals surface area (Å²) in [5, 5.41) is 0. The third kappa shape index (κ3) is 2.76. The average Bonchev–Trinajstić information content (AvgIpc) is 2.47. The van der Waals surface area contributed by atoms with Crippen LogP contribution in [0.25, 0.3) is 0 Å². The maximum Gasteiger partial charge on any atom is 0.193 e. The third-order valence-electron chi connectivity index (χ3n) is 3.82. The monoisotopic (exact) mass is 252 g/mol. The maximum absolute atomic E-state index is 12.6. The minimum atomic E-state index is 0.0149. The van der Waals surface area contributed by atoms with Crippen LogP contribution >= 0.6 is 0 Å². The first-order valence-corrected chi connectivity index (χ1v) is 6.75. The van der Waals surface area contributed by atoms with Crippen LogP contribution in [0.4, 0.5) is 0 Å². The molecule has 2 aromatic carbocycles. The summed E-state index contributed by atoms with van der Waals surface area (Å²) in [6.07, 6.45) is 1.01. The molecule has 0 radical (unpaired) electrons. The van der Waals surface area contributed by atoms with Crippen molar-refractivity contribution < 1.29 is 4.79 Å². The molecule has 0 unspecified atom stereocenters. The molecule has 0 N–H and O–H groups in total. The molecule has 1 nitrogen and oxygen atoms in total. The number of ketones is 1. The van der Waals surface area contributed by atoms with E-state index in [1.807, 2.05) is 48.5 Å². The second-order valence-electron chi connectivity index (χ2n) is 5.48. The molecule has 0 aromatic heterocycles. The molecule has 0 saturated carbocycles. The van der Waals surface area contributed by atoms with Crippen LogP contribution in [0.3, 0.4) is 0 Å². The van der Waals surface area contributed by atoms with Gasteiger partial charge in [-0.05, 0) is 17.4 Å². The van der Waals surface area contributed by atoms with Gasteiger partial charge in [-0.15, -0.1) is 0 Å². The van der Waals surface area contributed by atoms with Crippen molar-refractivity contribution in [2.24, 2.45) is 0 Å². The lowest BCUT2D eigenvalue weighted by Crippen LogP contribution is -2.20. The predicted octanol–water partition coefficient (Wildman–Crippen LogP) is 4.61. The van der Waals surface area contributed by atoms with Crippen LogP contribution in [0.2, 0.25) is 0 Å². The Balaban J connectivity index is 2.49. The molecule has 19 heavy (non-hydrogen) atoms. The van der Waals surface area contributed by atoms with E-state index in [1.165, 1.54) is 0 Å². The Labute approximate surface area is 115 Å². The fraction of sp³-hybridized carbons (Fsp3) is 0.278. The molecule has 0 atom stereocenters. The van der Waals surface area contributed by atoms with Gasteiger partial charge in [0.2, 0.25) is 0 Å². The Morgan fingerprint density at radius 2 is 1.53 bits per heavy atom. The molecular weight excluding hydrogens is 232 g/mol. The Hall–Kier alpha value is -1.89. The summed E-state index contributed by atoms with van der Waals surface area (Å²) in [7, 11) is 0. The van der Waals surface area contributed by atoms with E-state index in [1.54, 1.807) is 0 Å². The second kappa shape index (κ2) is 5.40. The Morgan fingerprint density at radius 3 is 2.16 bits per heavy atom. The van der Waals surface area contributed by atoms with Gasteiger partial charge in [0.05, 0.1) is 0 Å². The van der Waals surface area contributed by atoms with Crippen molar-refractivity contribution >= 4 is 5.78 Å². The summed E-state index contributed by atoms with van der Waals surface area (Å²) in [5.41, 5.74) is 2.72. The summed E-state index contributed by atoms with van der Waals surface area (Å²) >= 11 is 0. The number of hydrogen-bond donors (Lipinski definition) is 0. The van der Waals surface area contributed by atoms with Gasteiger partial charge < -0.3 is 0 Å². The van der Waals surface area contributed by atoms with Gasteiger partial charge in [-0.2, -0.15) is 0 Å². The molecule has 0 aliphatic rings. The number of hydrogen-bond acceptors (Lipinski definition) is 1. The zero-order valence-electron chi connectivity index (χ0n) is 11.8. The van der Waals surface area contributed by atoms with E-state index >= 15 is 0 Å². The lowest BCUT2D eigenvalue weighted by atomic mass is 9.78. The van der Waals surface area contributed by atoms with E-state index in [4.69, 9.17) is 0 Å². The van der Waals surface area contributed by atoms with E-state index in [0.717, 1.165) is 23.1 Å². The second-order valence-corrected chi connectivity index (χ2v) is 5.48.